The molecule has 122 valence electrons. The highest BCUT2D eigenvalue weighted by atomic mass is 15.2. The zero-order valence-electron chi connectivity index (χ0n) is 14.1. The van der Waals surface area contributed by atoms with Gasteiger partial charge in [0.05, 0.1) is 0 Å². The number of piperidine rings is 1. The molecule has 1 aliphatic heterocycles. The number of hydrogen-bond donors (Lipinski definition) is 0. The molecule has 1 aromatic heterocycles. The fraction of sp³-hybridized carbons (Fsp3) is 0.318. The summed E-state index contributed by atoms with van der Waals surface area (Å²) in [5.74, 6) is 1.16. The second-order valence-electron chi connectivity index (χ2n) is 6.71. The number of aryl methyl sites for hydroxylation is 2. The Morgan fingerprint density at radius 3 is 2.58 bits per heavy atom. The van der Waals surface area contributed by atoms with E-state index in [0.717, 1.165) is 31.7 Å². The number of rotatable bonds is 4. The Morgan fingerprint density at radius 1 is 0.833 bits per heavy atom. The van der Waals surface area contributed by atoms with Crippen LogP contribution in [-0.2, 0) is 12.8 Å². The van der Waals surface area contributed by atoms with Crippen molar-refractivity contribution in [3.63, 3.8) is 0 Å². The normalized spacial score (nSPS) is 14.9. The lowest BCUT2D eigenvalue weighted by Crippen LogP contribution is -2.30. The van der Waals surface area contributed by atoms with E-state index in [2.05, 4.69) is 64.5 Å². The molecule has 2 heteroatoms. The Morgan fingerprint density at radius 2 is 1.67 bits per heavy atom. The van der Waals surface area contributed by atoms with Crippen molar-refractivity contribution < 1.29 is 0 Å². The third-order valence-corrected chi connectivity index (χ3v) is 5.05. The third-order valence-electron chi connectivity index (χ3n) is 5.05. The first-order valence-corrected chi connectivity index (χ1v) is 9.07. The van der Waals surface area contributed by atoms with Crippen LogP contribution in [0.1, 0.15) is 30.4 Å². The molecule has 0 unspecified atom stereocenters. The van der Waals surface area contributed by atoms with E-state index < -0.39 is 0 Å². The molecule has 0 N–H and O–H groups in total. The summed E-state index contributed by atoms with van der Waals surface area (Å²) in [4.78, 5) is 7.03. The number of hydrogen-bond acceptors (Lipinski definition) is 2. The third kappa shape index (κ3) is 3.28. The maximum atomic E-state index is 4.59. The average molecular weight is 316 g/mol. The van der Waals surface area contributed by atoms with Gasteiger partial charge in [-0.25, -0.2) is 4.98 Å². The van der Waals surface area contributed by atoms with Gasteiger partial charge in [-0.3, -0.25) is 0 Å². The van der Waals surface area contributed by atoms with Crippen molar-refractivity contribution >= 4 is 16.6 Å². The topological polar surface area (TPSA) is 16.1 Å². The number of pyridine rings is 1. The lowest BCUT2D eigenvalue weighted by molar-refractivity contribution is 0.573. The van der Waals surface area contributed by atoms with Crippen molar-refractivity contribution in [1.82, 2.24) is 4.98 Å². The number of nitrogens with zero attached hydrogens (tertiary/aromatic N) is 2. The van der Waals surface area contributed by atoms with Gasteiger partial charge in [-0.05, 0) is 66.1 Å². The van der Waals surface area contributed by atoms with E-state index in [0.29, 0.717) is 0 Å². The molecule has 4 rings (SSSR count). The predicted octanol–water partition coefficient (Wildman–Crippen LogP) is 5.01. The largest absolute Gasteiger partial charge is 0.357 e. The minimum atomic E-state index is 1.07. The molecule has 0 saturated carbocycles. The highest BCUT2D eigenvalue weighted by molar-refractivity contribution is 5.85. The molecule has 0 atom stereocenters. The molecule has 0 amide bonds. The summed E-state index contributed by atoms with van der Waals surface area (Å²) in [5, 5.41) is 2.71. The summed E-state index contributed by atoms with van der Waals surface area (Å²) in [7, 11) is 0. The lowest BCUT2D eigenvalue weighted by atomic mass is 9.99. The zero-order valence-corrected chi connectivity index (χ0v) is 14.1. The van der Waals surface area contributed by atoms with Crippen molar-refractivity contribution in [3.05, 3.63) is 71.9 Å². The monoisotopic (exact) mass is 316 g/mol. The van der Waals surface area contributed by atoms with Crippen molar-refractivity contribution in [2.45, 2.75) is 32.1 Å². The summed E-state index contributed by atoms with van der Waals surface area (Å²) in [6.07, 6.45) is 8.06. The average Bonchev–Trinajstić information content (AvgIpc) is 2.67. The minimum absolute atomic E-state index is 1.07. The second-order valence-corrected chi connectivity index (χ2v) is 6.71. The standard InChI is InChI=1S/C22H24N2/c1-4-15-24(16-5-1)22-17-18(13-14-23-22)11-12-20-9-6-8-19-7-2-3-10-21(19)20/h2-3,6-10,13-14,17H,1,4-5,11-12,15-16H2. The summed E-state index contributed by atoms with van der Waals surface area (Å²) < 4.78 is 0. The van der Waals surface area contributed by atoms with Crippen LogP contribution in [0.25, 0.3) is 10.8 Å². The first-order valence-electron chi connectivity index (χ1n) is 9.07. The van der Waals surface area contributed by atoms with Crippen molar-refractivity contribution in [2.24, 2.45) is 0 Å². The second kappa shape index (κ2) is 7.04. The van der Waals surface area contributed by atoms with Crippen LogP contribution < -0.4 is 4.90 Å². The van der Waals surface area contributed by atoms with Crippen LogP contribution in [0.3, 0.4) is 0 Å². The molecule has 0 radical (unpaired) electrons. The minimum Gasteiger partial charge on any atom is -0.357 e. The smallest absolute Gasteiger partial charge is 0.128 e. The van der Waals surface area contributed by atoms with E-state index in [1.807, 2.05) is 6.20 Å². The summed E-state index contributed by atoms with van der Waals surface area (Å²) >= 11 is 0. The van der Waals surface area contributed by atoms with Crippen molar-refractivity contribution in [1.29, 1.82) is 0 Å². The van der Waals surface area contributed by atoms with E-state index >= 15 is 0 Å². The van der Waals surface area contributed by atoms with E-state index in [-0.39, 0.29) is 0 Å². The van der Waals surface area contributed by atoms with E-state index in [4.69, 9.17) is 0 Å². The Hall–Kier alpha value is -2.35. The van der Waals surface area contributed by atoms with Crippen molar-refractivity contribution in [2.75, 3.05) is 18.0 Å². The van der Waals surface area contributed by atoms with Gasteiger partial charge < -0.3 is 4.90 Å². The molecule has 24 heavy (non-hydrogen) atoms. The van der Waals surface area contributed by atoms with Gasteiger partial charge in [-0.1, -0.05) is 42.5 Å². The van der Waals surface area contributed by atoms with Crippen LogP contribution in [0.5, 0.6) is 0 Å². The Bertz CT molecular complexity index is 814. The number of benzene rings is 2. The van der Waals surface area contributed by atoms with Gasteiger partial charge in [0.2, 0.25) is 0 Å². The maximum absolute atomic E-state index is 4.59. The fourth-order valence-corrected chi connectivity index (χ4v) is 3.70. The van der Waals surface area contributed by atoms with Crippen LogP contribution in [0.15, 0.2) is 60.8 Å². The summed E-state index contributed by atoms with van der Waals surface area (Å²) in [5.41, 5.74) is 2.82. The molecule has 1 aliphatic rings. The van der Waals surface area contributed by atoms with Crippen molar-refractivity contribution in [3.8, 4) is 0 Å². The highest BCUT2D eigenvalue weighted by Gasteiger charge is 2.12. The Labute approximate surface area is 144 Å². The van der Waals surface area contributed by atoms with Crippen LogP contribution in [0.4, 0.5) is 5.82 Å². The number of aromatic nitrogens is 1. The molecular weight excluding hydrogens is 292 g/mol. The Kier molecular flexibility index (Phi) is 4.46. The molecule has 2 heterocycles. The van der Waals surface area contributed by atoms with Gasteiger partial charge in [-0.2, -0.15) is 0 Å². The quantitative estimate of drug-likeness (QED) is 0.672. The fourth-order valence-electron chi connectivity index (χ4n) is 3.70. The van der Waals surface area contributed by atoms with Crippen LogP contribution in [-0.4, -0.2) is 18.1 Å². The molecule has 1 fully saturated rings. The van der Waals surface area contributed by atoms with Gasteiger partial charge in [0.25, 0.3) is 0 Å². The predicted molar refractivity (Wildman–Crippen MR) is 102 cm³/mol. The van der Waals surface area contributed by atoms with E-state index in [9.17, 15) is 0 Å². The summed E-state index contributed by atoms with van der Waals surface area (Å²) in [6.45, 7) is 2.31. The van der Waals surface area contributed by atoms with Crippen LogP contribution in [0, 0.1) is 0 Å². The number of fused-ring (bicyclic) bond motifs is 1. The highest BCUT2D eigenvalue weighted by Crippen LogP contribution is 2.22. The maximum Gasteiger partial charge on any atom is 0.128 e. The van der Waals surface area contributed by atoms with Gasteiger partial charge in [-0.15, -0.1) is 0 Å². The lowest BCUT2D eigenvalue weighted by Gasteiger charge is -2.27. The molecular formula is C22H24N2. The molecule has 2 nitrogen and oxygen atoms in total. The molecule has 2 aromatic carbocycles. The van der Waals surface area contributed by atoms with Crippen LogP contribution >= 0.6 is 0 Å². The SMILES string of the molecule is c1ccc2c(CCc3ccnc(N4CCCCC4)c3)cccc2c1. The first kappa shape index (κ1) is 15.2. The van der Waals surface area contributed by atoms with Gasteiger partial charge in [0.15, 0.2) is 0 Å². The van der Waals surface area contributed by atoms with Gasteiger partial charge in [0.1, 0.15) is 5.82 Å². The molecule has 1 saturated heterocycles. The van der Waals surface area contributed by atoms with Crippen LogP contribution in [0.2, 0.25) is 0 Å². The molecule has 0 aliphatic carbocycles. The zero-order chi connectivity index (χ0) is 16.2. The molecule has 0 spiro atoms. The number of anilines is 1. The van der Waals surface area contributed by atoms with E-state index in [1.165, 1.54) is 41.2 Å². The first-order chi connectivity index (χ1) is 11.9. The van der Waals surface area contributed by atoms with E-state index in [1.54, 1.807) is 0 Å². The van der Waals surface area contributed by atoms with Gasteiger partial charge >= 0.3 is 0 Å². The summed E-state index contributed by atoms with van der Waals surface area (Å²) in [6, 6.07) is 19.7. The molecule has 3 aromatic rings. The Balaban J connectivity index is 1.51. The van der Waals surface area contributed by atoms with Gasteiger partial charge in [0, 0.05) is 19.3 Å². The molecule has 0 bridgehead atoms.